The highest BCUT2D eigenvalue weighted by Gasteiger charge is 2.25. The zero-order valence-electron chi connectivity index (χ0n) is 11.7. The zero-order valence-corrected chi connectivity index (χ0v) is 11.7. The molecule has 3 N–H and O–H groups in total. The van der Waals surface area contributed by atoms with E-state index in [1.54, 1.807) is 6.92 Å². The quantitative estimate of drug-likeness (QED) is 0.675. The first-order chi connectivity index (χ1) is 9.16. The Morgan fingerprint density at radius 3 is 2.47 bits per heavy atom. The maximum Gasteiger partial charge on any atom is 0.242 e. The summed E-state index contributed by atoms with van der Waals surface area (Å²) in [7, 11) is 0. The lowest BCUT2D eigenvalue weighted by Gasteiger charge is -2.28. The smallest absolute Gasteiger partial charge is 0.242 e. The SMILES string of the molecule is C[C@H](NC(=O)C1CCCCC1)C(=O)NCC1CNC1. The van der Waals surface area contributed by atoms with Crippen molar-refractivity contribution in [3.63, 3.8) is 0 Å². The van der Waals surface area contributed by atoms with E-state index in [0.717, 1.165) is 38.8 Å². The highest BCUT2D eigenvalue weighted by atomic mass is 16.2. The van der Waals surface area contributed by atoms with Gasteiger partial charge in [0.15, 0.2) is 0 Å². The van der Waals surface area contributed by atoms with Crippen molar-refractivity contribution in [1.29, 1.82) is 0 Å². The van der Waals surface area contributed by atoms with Crippen LogP contribution in [0.3, 0.4) is 0 Å². The van der Waals surface area contributed by atoms with E-state index >= 15 is 0 Å². The largest absolute Gasteiger partial charge is 0.354 e. The van der Waals surface area contributed by atoms with E-state index < -0.39 is 6.04 Å². The lowest BCUT2D eigenvalue weighted by Crippen LogP contribution is -2.52. The molecule has 108 valence electrons. The third-order valence-corrected chi connectivity index (χ3v) is 4.16. The molecule has 1 aliphatic heterocycles. The van der Waals surface area contributed by atoms with E-state index in [0.29, 0.717) is 12.5 Å². The lowest BCUT2D eigenvalue weighted by molar-refractivity contribution is -0.131. The van der Waals surface area contributed by atoms with Crippen LogP contribution in [-0.4, -0.2) is 37.5 Å². The van der Waals surface area contributed by atoms with Crippen LogP contribution in [-0.2, 0) is 9.59 Å². The van der Waals surface area contributed by atoms with Crippen molar-refractivity contribution in [3.8, 4) is 0 Å². The van der Waals surface area contributed by atoms with Gasteiger partial charge in [-0.15, -0.1) is 0 Å². The van der Waals surface area contributed by atoms with Crippen LogP contribution in [0, 0.1) is 11.8 Å². The number of rotatable bonds is 5. The topological polar surface area (TPSA) is 70.2 Å². The van der Waals surface area contributed by atoms with Crippen molar-refractivity contribution in [2.24, 2.45) is 11.8 Å². The maximum atomic E-state index is 12.0. The minimum absolute atomic E-state index is 0.0488. The standard InChI is InChI=1S/C14H25N3O2/c1-10(13(18)16-9-11-7-15-8-11)17-14(19)12-5-3-2-4-6-12/h10-12,15H,2-9H2,1H3,(H,16,18)(H,17,19)/t10-/m0/s1. The molecular weight excluding hydrogens is 242 g/mol. The second-order valence-electron chi connectivity index (χ2n) is 5.83. The summed E-state index contributed by atoms with van der Waals surface area (Å²) in [4.78, 5) is 23.9. The first-order valence-electron chi connectivity index (χ1n) is 7.45. The minimum Gasteiger partial charge on any atom is -0.354 e. The van der Waals surface area contributed by atoms with Crippen molar-refractivity contribution in [2.45, 2.75) is 45.1 Å². The summed E-state index contributed by atoms with van der Waals surface area (Å²) in [6, 6.07) is -0.428. The summed E-state index contributed by atoms with van der Waals surface area (Å²) in [6.07, 6.45) is 5.43. The molecule has 5 nitrogen and oxygen atoms in total. The van der Waals surface area contributed by atoms with E-state index in [1.165, 1.54) is 6.42 Å². The number of hydrogen-bond acceptors (Lipinski definition) is 3. The number of hydrogen-bond donors (Lipinski definition) is 3. The van der Waals surface area contributed by atoms with Gasteiger partial charge in [0, 0.05) is 31.5 Å². The summed E-state index contributed by atoms with van der Waals surface area (Å²) in [6.45, 7) is 4.41. The molecule has 0 aromatic heterocycles. The van der Waals surface area contributed by atoms with Crippen LogP contribution in [0.2, 0.25) is 0 Å². The van der Waals surface area contributed by atoms with Crippen molar-refractivity contribution >= 4 is 11.8 Å². The molecule has 0 spiro atoms. The van der Waals surface area contributed by atoms with Gasteiger partial charge in [-0.25, -0.2) is 0 Å². The molecule has 2 aliphatic rings. The predicted molar refractivity (Wildman–Crippen MR) is 73.5 cm³/mol. The maximum absolute atomic E-state index is 12.0. The molecule has 2 rings (SSSR count). The third kappa shape index (κ3) is 4.20. The van der Waals surface area contributed by atoms with Gasteiger partial charge < -0.3 is 16.0 Å². The number of nitrogens with one attached hydrogen (secondary N) is 3. The average molecular weight is 267 g/mol. The molecule has 0 aromatic carbocycles. The Kier molecular flexibility index (Phi) is 5.19. The van der Waals surface area contributed by atoms with Crippen LogP contribution in [0.1, 0.15) is 39.0 Å². The van der Waals surface area contributed by atoms with Crippen molar-refractivity contribution in [1.82, 2.24) is 16.0 Å². The van der Waals surface area contributed by atoms with E-state index in [2.05, 4.69) is 16.0 Å². The van der Waals surface area contributed by atoms with Crippen molar-refractivity contribution in [2.75, 3.05) is 19.6 Å². The van der Waals surface area contributed by atoms with Gasteiger partial charge in [0.05, 0.1) is 0 Å². The Labute approximate surface area is 114 Å². The zero-order chi connectivity index (χ0) is 13.7. The van der Waals surface area contributed by atoms with Gasteiger partial charge in [0.25, 0.3) is 0 Å². The molecule has 5 heteroatoms. The molecule has 2 fully saturated rings. The fourth-order valence-corrected chi connectivity index (χ4v) is 2.65. The average Bonchev–Trinajstić information content (AvgIpc) is 2.37. The fraction of sp³-hybridized carbons (Fsp3) is 0.857. The molecule has 2 amide bonds. The van der Waals surface area contributed by atoms with Gasteiger partial charge in [0.1, 0.15) is 6.04 Å². The van der Waals surface area contributed by atoms with E-state index in [4.69, 9.17) is 0 Å². The summed E-state index contributed by atoms with van der Waals surface area (Å²) >= 11 is 0. The molecule has 0 unspecified atom stereocenters. The summed E-state index contributed by atoms with van der Waals surface area (Å²) < 4.78 is 0. The second kappa shape index (κ2) is 6.89. The van der Waals surface area contributed by atoms with Crippen LogP contribution in [0.15, 0.2) is 0 Å². The Morgan fingerprint density at radius 1 is 1.21 bits per heavy atom. The van der Waals surface area contributed by atoms with Gasteiger partial charge in [-0.2, -0.15) is 0 Å². The van der Waals surface area contributed by atoms with E-state index in [9.17, 15) is 9.59 Å². The highest BCUT2D eigenvalue weighted by molar-refractivity contribution is 5.88. The predicted octanol–water partition coefficient (Wildman–Crippen LogP) is 0.407. The molecule has 1 aliphatic carbocycles. The fourth-order valence-electron chi connectivity index (χ4n) is 2.65. The van der Waals surface area contributed by atoms with Crippen LogP contribution in [0.25, 0.3) is 0 Å². The summed E-state index contributed by atoms with van der Waals surface area (Å²) in [5.41, 5.74) is 0. The molecule has 0 bridgehead atoms. The van der Waals surface area contributed by atoms with Gasteiger partial charge in [0.2, 0.25) is 11.8 Å². The lowest BCUT2D eigenvalue weighted by atomic mass is 9.88. The molecule has 1 atom stereocenters. The van der Waals surface area contributed by atoms with Gasteiger partial charge >= 0.3 is 0 Å². The van der Waals surface area contributed by atoms with Crippen LogP contribution >= 0.6 is 0 Å². The molecule has 1 saturated heterocycles. The summed E-state index contributed by atoms with van der Waals surface area (Å²) in [5.74, 6) is 0.633. The molecule has 1 heterocycles. The Bertz CT molecular complexity index is 323. The minimum atomic E-state index is -0.428. The first-order valence-corrected chi connectivity index (χ1v) is 7.45. The van der Waals surface area contributed by atoms with Gasteiger partial charge in [-0.3, -0.25) is 9.59 Å². The van der Waals surface area contributed by atoms with Crippen molar-refractivity contribution < 1.29 is 9.59 Å². The molecule has 0 aromatic rings. The van der Waals surface area contributed by atoms with Crippen LogP contribution in [0.5, 0.6) is 0 Å². The normalized spacial score (nSPS) is 22.4. The highest BCUT2D eigenvalue weighted by Crippen LogP contribution is 2.23. The number of carbonyl (C=O) groups excluding carboxylic acids is 2. The van der Waals surface area contributed by atoms with Gasteiger partial charge in [-0.1, -0.05) is 19.3 Å². The summed E-state index contributed by atoms with van der Waals surface area (Å²) in [5, 5.41) is 8.91. The number of amides is 2. The van der Waals surface area contributed by atoms with Crippen LogP contribution < -0.4 is 16.0 Å². The monoisotopic (exact) mass is 267 g/mol. The number of carbonyl (C=O) groups is 2. The third-order valence-electron chi connectivity index (χ3n) is 4.16. The van der Waals surface area contributed by atoms with E-state index in [-0.39, 0.29) is 17.7 Å². The van der Waals surface area contributed by atoms with Crippen LogP contribution in [0.4, 0.5) is 0 Å². The van der Waals surface area contributed by atoms with Gasteiger partial charge in [-0.05, 0) is 19.8 Å². The Hall–Kier alpha value is -1.10. The Balaban J connectivity index is 1.67. The Morgan fingerprint density at radius 2 is 1.89 bits per heavy atom. The first kappa shape index (κ1) is 14.3. The van der Waals surface area contributed by atoms with Crippen molar-refractivity contribution in [3.05, 3.63) is 0 Å². The molecule has 19 heavy (non-hydrogen) atoms. The van der Waals surface area contributed by atoms with E-state index in [1.807, 2.05) is 0 Å². The molecular formula is C14H25N3O2. The molecule has 1 saturated carbocycles. The second-order valence-corrected chi connectivity index (χ2v) is 5.83. The molecule has 0 radical (unpaired) electrons.